The van der Waals surface area contributed by atoms with Crippen molar-refractivity contribution in [3.05, 3.63) is 23.8 Å². The Labute approximate surface area is 174 Å². The number of rotatable bonds is 5. The van der Waals surface area contributed by atoms with E-state index < -0.39 is 5.54 Å². The number of piperazine rings is 1. The minimum absolute atomic E-state index is 0. The van der Waals surface area contributed by atoms with E-state index in [-0.39, 0.29) is 30.7 Å². The van der Waals surface area contributed by atoms with Gasteiger partial charge in [0.15, 0.2) is 0 Å². The lowest BCUT2D eigenvalue weighted by Crippen LogP contribution is -2.58. The van der Waals surface area contributed by atoms with Crippen LogP contribution in [0.5, 0.6) is 11.5 Å². The molecule has 0 aromatic heterocycles. The third-order valence-corrected chi connectivity index (χ3v) is 5.46. The summed E-state index contributed by atoms with van der Waals surface area (Å²) in [5.74, 6) is 1.84. The van der Waals surface area contributed by atoms with E-state index in [4.69, 9.17) is 15.2 Å². The molecule has 0 unspecified atom stereocenters. The number of hydrogen-bond acceptors (Lipinski definition) is 5. The monoisotopic (exact) mass is 419 g/mol. The van der Waals surface area contributed by atoms with Crippen molar-refractivity contribution < 1.29 is 14.3 Å². The van der Waals surface area contributed by atoms with Gasteiger partial charge in [-0.25, -0.2) is 0 Å². The molecule has 154 valence electrons. The van der Waals surface area contributed by atoms with E-state index in [0.29, 0.717) is 0 Å². The molecule has 0 bridgehead atoms. The zero-order chi connectivity index (χ0) is 17.9. The van der Waals surface area contributed by atoms with E-state index in [1.807, 2.05) is 23.1 Å². The van der Waals surface area contributed by atoms with Crippen molar-refractivity contribution >= 4 is 30.7 Å². The van der Waals surface area contributed by atoms with Crippen LogP contribution in [0, 0.1) is 0 Å². The molecule has 3 rings (SSSR count). The Kier molecular flexibility index (Phi) is 9.15. The largest absolute Gasteiger partial charge is 0.497 e. The predicted octanol–water partition coefficient (Wildman–Crippen LogP) is 2.46. The molecule has 0 atom stereocenters. The fourth-order valence-electron chi connectivity index (χ4n) is 3.89. The van der Waals surface area contributed by atoms with Crippen LogP contribution in [0.4, 0.5) is 0 Å². The van der Waals surface area contributed by atoms with Crippen LogP contribution >= 0.6 is 24.8 Å². The summed E-state index contributed by atoms with van der Waals surface area (Å²) in [6.07, 6.45) is 3.79. The summed E-state index contributed by atoms with van der Waals surface area (Å²) in [6, 6.07) is 5.86. The van der Waals surface area contributed by atoms with Gasteiger partial charge in [-0.2, -0.15) is 0 Å². The number of hydrogen-bond donors (Lipinski definition) is 1. The number of methoxy groups -OCH3 is 2. The Balaban J connectivity index is 0.00000182. The molecule has 2 N–H and O–H groups in total. The summed E-state index contributed by atoms with van der Waals surface area (Å²) < 4.78 is 10.8. The summed E-state index contributed by atoms with van der Waals surface area (Å²) in [4.78, 5) is 17.0. The minimum Gasteiger partial charge on any atom is -0.497 e. The zero-order valence-corrected chi connectivity index (χ0v) is 17.7. The van der Waals surface area contributed by atoms with Gasteiger partial charge >= 0.3 is 0 Å². The Morgan fingerprint density at radius 2 is 1.70 bits per heavy atom. The molecule has 1 heterocycles. The molecule has 1 aromatic rings. The van der Waals surface area contributed by atoms with E-state index in [1.165, 1.54) is 0 Å². The number of carbonyl (C=O) groups is 1. The number of nitrogens with zero attached hydrogens (tertiary/aromatic N) is 2. The number of ether oxygens (including phenoxy) is 2. The lowest BCUT2D eigenvalue weighted by atomic mass is 9.97. The summed E-state index contributed by atoms with van der Waals surface area (Å²) in [6.45, 7) is 3.97. The Hall–Kier alpha value is -1.21. The fourth-order valence-corrected chi connectivity index (χ4v) is 3.89. The first kappa shape index (κ1) is 23.8. The molecule has 2 fully saturated rings. The van der Waals surface area contributed by atoms with Gasteiger partial charge in [-0.1, -0.05) is 12.8 Å². The average molecular weight is 420 g/mol. The number of benzene rings is 1. The zero-order valence-electron chi connectivity index (χ0n) is 16.1. The van der Waals surface area contributed by atoms with E-state index in [0.717, 1.165) is 75.5 Å². The van der Waals surface area contributed by atoms with Crippen molar-refractivity contribution in [2.24, 2.45) is 5.73 Å². The van der Waals surface area contributed by atoms with Crippen LogP contribution in [-0.4, -0.2) is 61.6 Å². The molecule has 1 saturated carbocycles. The molecular weight excluding hydrogens is 389 g/mol. The number of halogens is 2. The quantitative estimate of drug-likeness (QED) is 0.793. The van der Waals surface area contributed by atoms with Crippen molar-refractivity contribution in [1.29, 1.82) is 0 Å². The van der Waals surface area contributed by atoms with Crippen molar-refractivity contribution in [2.75, 3.05) is 40.4 Å². The third-order valence-electron chi connectivity index (χ3n) is 5.46. The van der Waals surface area contributed by atoms with Gasteiger partial charge in [0, 0.05) is 38.3 Å². The lowest BCUT2D eigenvalue weighted by molar-refractivity contribution is -0.138. The first-order valence-electron chi connectivity index (χ1n) is 9.07. The highest BCUT2D eigenvalue weighted by Gasteiger charge is 2.40. The van der Waals surface area contributed by atoms with Crippen LogP contribution in [0.15, 0.2) is 18.2 Å². The van der Waals surface area contributed by atoms with Crippen LogP contribution in [0.2, 0.25) is 0 Å². The lowest BCUT2D eigenvalue weighted by Gasteiger charge is -2.38. The van der Waals surface area contributed by atoms with Crippen molar-refractivity contribution in [1.82, 2.24) is 9.80 Å². The van der Waals surface area contributed by atoms with Crippen molar-refractivity contribution in [3.63, 3.8) is 0 Å². The third kappa shape index (κ3) is 5.41. The molecule has 1 saturated heterocycles. The summed E-state index contributed by atoms with van der Waals surface area (Å²) >= 11 is 0. The Bertz CT molecular complexity index is 616. The minimum atomic E-state index is -0.613. The molecule has 0 radical (unpaired) electrons. The van der Waals surface area contributed by atoms with Crippen molar-refractivity contribution in [3.8, 4) is 11.5 Å². The highest BCUT2D eigenvalue weighted by Crippen LogP contribution is 2.30. The topological polar surface area (TPSA) is 68.0 Å². The van der Waals surface area contributed by atoms with Crippen LogP contribution < -0.4 is 15.2 Å². The SMILES string of the molecule is COc1ccc(OC)c(CN2CCN(C(=O)C3(N)CCCC3)CC2)c1.Cl.Cl. The van der Waals surface area contributed by atoms with E-state index in [9.17, 15) is 4.79 Å². The molecule has 27 heavy (non-hydrogen) atoms. The summed E-state index contributed by atoms with van der Waals surface area (Å²) in [5.41, 5.74) is 6.82. The van der Waals surface area contributed by atoms with Crippen LogP contribution in [0.1, 0.15) is 31.2 Å². The molecule has 2 aliphatic rings. The molecule has 1 aliphatic heterocycles. The summed E-state index contributed by atoms with van der Waals surface area (Å²) in [7, 11) is 3.35. The standard InChI is InChI=1S/C19H29N3O3.2ClH/c1-24-16-5-6-17(25-2)15(13-16)14-21-9-11-22(12-10-21)18(23)19(20)7-3-4-8-19;;/h5-6,13H,3-4,7-12,14,20H2,1-2H3;2*1H. The number of nitrogens with two attached hydrogens (primary N) is 1. The fraction of sp³-hybridized carbons (Fsp3) is 0.632. The van der Waals surface area contributed by atoms with Gasteiger partial charge in [0.1, 0.15) is 11.5 Å². The van der Waals surface area contributed by atoms with E-state index in [1.54, 1.807) is 14.2 Å². The van der Waals surface area contributed by atoms with Gasteiger partial charge in [-0.05, 0) is 31.0 Å². The average Bonchev–Trinajstić information content (AvgIpc) is 3.09. The molecule has 6 nitrogen and oxygen atoms in total. The second-order valence-corrected chi connectivity index (χ2v) is 7.11. The van der Waals surface area contributed by atoms with E-state index in [2.05, 4.69) is 4.90 Å². The van der Waals surface area contributed by atoms with Crippen LogP contribution in [0.25, 0.3) is 0 Å². The summed E-state index contributed by atoms with van der Waals surface area (Å²) in [5, 5.41) is 0. The maximum Gasteiger partial charge on any atom is 0.242 e. The first-order chi connectivity index (χ1) is 12.1. The Morgan fingerprint density at radius 3 is 2.26 bits per heavy atom. The number of carbonyl (C=O) groups excluding carboxylic acids is 1. The molecule has 8 heteroatoms. The molecule has 1 amide bonds. The molecular formula is C19H31Cl2N3O3. The van der Waals surface area contributed by atoms with Crippen molar-refractivity contribution in [2.45, 2.75) is 37.8 Å². The predicted molar refractivity (Wildman–Crippen MR) is 111 cm³/mol. The van der Waals surface area contributed by atoms with Gasteiger partial charge in [-0.15, -0.1) is 24.8 Å². The highest BCUT2D eigenvalue weighted by atomic mass is 35.5. The van der Waals surface area contributed by atoms with Gasteiger partial charge in [-0.3, -0.25) is 9.69 Å². The van der Waals surface area contributed by atoms with Crippen LogP contribution in [-0.2, 0) is 11.3 Å². The second-order valence-electron chi connectivity index (χ2n) is 7.11. The van der Waals surface area contributed by atoms with Gasteiger partial charge in [0.25, 0.3) is 0 Å². The van der Waals surface area contributed by atoms with Gasteiger partial charge < -0.3 is 20.1 Å². The normalized spacial score (nSPS) is 19.0. The maximum atomic E-state index is 12.7. The van der Waals surface area contributed by atoms with Gasteiger partial charge in [0.05, 0.1) is 19.8 Å². The molecule has 0 spiro atoms. The molecule has 1 aliphatic carbocycles. The number of amides is 1. The van der Waals surface area contributed by atoms with Gasteiger partial charge in [0.2, 0.25) is 5.91 Å². The van der Waals surface area contributed by atoms with Crippen LogP contribution in [0.3, 0.4) is 0 Å². The Morgan fingerprint density at radius 1 is 1.07 bits per heavy atom. The molecule has 1 aromatic carbocycles. The highest BCUT2D eigenvalue weighted by molar-refractivity contribution is 5.86. The smallest absolute Gasteiger partial charge is 0.242 e. The van der Waals surface area contributed by atoms with E-state index >= 15 is 0 Å². The maximum absolute atomic E-state index is 12.7. The first-order valence-corrected chi connectivity index (χ1v) is 9.07. The second kappa shape index (κ2) is 10.4.